The van der Waals surface area contributed by atoms with Crippen LogP contribution in [0.25, 0.3) is 0 Å². The Morgan fingerprint density at radius 2 is 1.62 bits per heavy atom. The summed E-state index contributed by atoms with van der Waals surface area (Å²) in [6.45, 7) is 0. The molecule has 4 N–H and O–H groups in total. The molecule has 1 aromatic rings. The summed E-state index contributed by atoms with van der Waals surface area (Å²) < 4.78 is 0. The monoisotopic (exact) mass is 332 g/mol. The molecule has 0 unspecified atom stereocenters. The summed E-state index contributed by atoms with van der Waals surface area (Å²) in [5.41, 5.74) is 5.54. The number of primary amides is 1. The highest BCUT2D eigenvalue weighted by Gasteiger charge is 2.40. The lowest BCUT2D eigenvalue weighted by Crippen LogP contribution is -2.35. The molecule has 0 bridgehead atoms. The van der Waals surface area contributed by atoms with E-state index in [0.29, 0.717) is 18.5 Å². The van der Waals surface area contributed by atoms with Crippen LogP contribution in [-0.4, -0.2) is 22.9 Å². The second-order valence-corrected chi connectivity index (χ2v) is 6.56. The van der Waals surface area contributed by atoms with Gasteiger partial charge in [0.2, 0.25) is 11.8 Å². The second-order valence-electron chi connectivity index (χ2n) is 6.56. The van der Waals surface area contributed by atoms with Gasteiger partial charge in [-0.1, -0.05) is 37.8 Å². The predicted octanol–water partition coefficient (Wildman–Crippen LogP) is 2.47. The number of rotatable bonds is 6. The van der Waals surface area contributed by atoms with Crippen LogP contribution < -0.4 is 11.1 Å². The first-order valence-corrected chi connectivity index (χ1v) is 8.32. The predicted molar refractivity (Wildman–Crippen MR) is 90.4 cm³/mol. The standard InChI is InChI=1S/C18H24N2O4/c19-15(21)11-13-5-7-14(8-6-13)20-16(22)12-18(17(23)24)9-3-1-2-4-10-18/h5-8H,1-4,9-12H2,(H2,19,21)(H,20,22)(H,23,24). The molecule has 1 fully saturated rings. The largest absolute Gasteiger partial charge is 0.481 e. The van der Waals surface area contributed by atoms with Crippen LogP contribution in [0.3, 0.4) is 0 Å². The number of nitrogens with two attached hydrogens (primary N) is 1. The number of aliphatic carboxylic acids is 1. The van der Waals surface area contributed by atoms with Gasteiger partial charge in [-0.15, -0.1) is 0 Å². The number of amides is 2. The summed E-state index contributed by atoms with van der Waals surface area (Å²) in [5, 5.41) is 12.4. The van der Waals surface area contributed by atoms with Crippen molar-refractivity contribution in [1.82, 2.24) is 0 Å². The van der Waals surface area contributed by atoms with E-state index in [1.54, 1.807) is 24.3 Å². The van der Waals surface area contributed by atoms with Crippen LogP contribution in [0, 0.1) is 5.41 Å². The molecule has 1 aliphatic rings. The highest BCUT2D eigenvalue weighted by molar-refractivity contribution is 5.94. The van der Waals surface area contributed by atoms with E-state index in [2.05, 4.69) is 5.32 Å². The van der Waals surface area contributed by atoms with Crippen molar-refractivity contribution in [1.29, 1.82) is 0 Å². The number of carbonyl (C=O) groups excluding carboxylic acids is 2. The zero-order chi connectivity index (χ0) is 17.6. The first-order chi connectivity index (χ1) is 11.4. The van der Waals surface area contributed by atoms with Crippen molar-refractivity contribution in [2.24, 2.45) is 11.1 Å². The normalized spacial score (nSPS) is 16.8. The molecule has 6 nitrogen and oxygen atoms in total. The number of hydrogen-bond acceptors (Lipinski definition) is 3. The van der Waals surface area contributed by atoms with E-state index in [1.807, 2.05) is 0 Å². The van der Waals surface area contributed by atoms with Crippen LogP contribution in [-0.2, 0) is 20.8 Å². The Bertz CT molecular complexity index is 602. The SMILES string of the molecule is NC(=O)Cc1ccc(NC(=O)CC2(C(=O)O)CCCCCC2)cc1. The Morgan fingerprint density at radius 1 is 1.04 bits per heavy atom. The zero-order valence-electron chi connectivity index (χ0n) is 13.7. The van der Waals surface area contributed by atoms with Crippen molar-refractivity contribution < 1.29 is 19.5 Å². The van der Waals surface area contributed by atoms with Crippen LogP contribution in [0.2, 0.25) is 0 Å². The van der Waals surface area contributed by atoms with Crippen molar-refractivity contribution in [3.63, 3.8) is 0 Å². The average Bonchev–Trinajstić information content (AvgIpc) is 2.75. The molecule has 6 heteroatoms. The van der Waals surface area contributed by atoms with E-state index in [9.17, 15) is 19.5 Å². The molecule has 0 saturated heterocycles. The van der Waals surface area contributed by atoms with Crippen LogP contribution in [0.1, 0.15) is 50.5 Å². The van der Waals surface area contributed by atoms with E-state index in [1.165, 1.54) is 0 Å². The number of anilines is 1. The molecule has 0 heterocycles. The highest BCUT2D eigenvalue weighted by atomic mass is 16.4. The third kappa shape index (κ3) is 4.81. The molecule has 1 aliphatic carbocycles. The quantitative estimate of drug-likeness (QED) is 0.695. The lowest BCUT2D eigenvalue weighted by molar-refractivity contribution is -0.152. The smallest absolute Gasteiger partial charge is 0.310 e. The van der Waals surface area contributed by atoms with Crippen molar-refractivity contribution in [3.05, 3.63) is 29.8 Å². The van der Waals surface area contributed by atoms with Gasteiger partial charge in [-0.25, -0.2) is 0 Å². The molecule has 1 aromatic carbocycles. The van der Waals surface area contributed by atoms with Crippen molar-refractivity contribution in [2.75, 3.05) is 5.32 Å². The molecule has 0 radical (unpaired) electrons. The number of carboxylic acid groups (broad SMARTS) is 1. The maximum Gasteiger partial charge on any atom is 0.310 e. The Kier molecular flexibility index (Phi) is 5.95. The van der Waals surface area contributed by atoms with Gasteiger partial charge in [0.15, 0.2) is 0 Å². The number of carbonyl (C=O) groups is 3. The van der Waals surface area contributed by atoms with Gasteiger partial charge in [0.25, 0.3) is 0 Å². The maximum atomic E-state index is 12.3. The van der Waals surface area contributed by atoms with Crippen LogP contribution in [0.4, 0.5) is 5.69 Å². The topological polar surface area (TPSA) is 109 Å². The van der Waals surface area contributed by atoms with E-state index in [-0.39, 0.29) is 18.7 Å². The van der Waals surface area contributed by atoms with E-state index in [4.69, 9.17) is 5.73 Å². The Balaban J connectivity index is 2.00. The maximum absolute atomic E-state index is 12.3. The van der Waals surface area contributed by atoms with Gasteiger partial charge in [-0.3, -0.25) is 14.4 Å². The molecule has 0 aliphatic heterocycles. The summed E-state index contributed by atoms with van der Waals surface area (Å²) in [6, 6.07) is 6.82. The molecule has 0 aromatic heterocycles. The molecule has 2 rings (SSSR count). The van der Waals surface area contributed by atoms with Gasteiger partial charge in [0.05, 0.1) is 11.8 Å². The van der Waals surface area contributed by atoms with E-state index >= 15 is 0 Å². The van der Waals surface area contributed by atoms with Crippen molar-refractivity contribution in [3.8, 4) is 0 Å². The summed E-state index contributed by atoms with van der Waals surface area (Å²) in [5.74, 6) is -1.58. The number of carboxylic acids is 1. The van der Waals surface area contributed by atoms with Crippen molar-refractivity contribution in [2.45, 2.75) is 51.4 Å². The fraction of sp³-hybridized carbons (Fsp3) is 0.500. The third-order valence-electron chi connectivity index (χ3n) is 4.63. The Hall–Kier alpha value is -2.37. The van der Waals surface area contributed by atoms with E-state index < -0.39 is 17.3 Å². The number of nitrogens with one attached hydrogen (secondary N) is 1. The molecule has 130 valence electrons. The minimum absolute atomic E-state index is 0.00856. The minimum atomic E-state index is -0.952. The molecule has 0 atom stereocenters. The average molecular weight is 332 g/mol. The first kappa shape index (κ1) is 18.0. The molecule has 2 amide bonds. The molecular weight excluding hydrogens is 308 g/mol. The number of benzene rings is 1. The van der Waals surface area contributed by atoms with Gasteiger partial charge in [0, 0.05) is 12.1 Å². The third-order valence-corrected chi connectivity index (χ3v) is 4.63. The Morgan fingerprint density at radius 3 is 2.12 bits per heavy atom. The first-order valence-electron chi connectivity index (χ1n) is 8.32. The molecule has 0 spiro atoms. The molecular formula is C18H24N2O4. The zero-order valence-corrected chi connectivity index (χ0v) is 13.7. The summed E-state index contributed by atoms with van der Waals surface area (Å²) in [6.07, 6.45) is 4.99. The van der Waals surface area contributed by atoms with Gasteiger partial charge in [-0.05, 0) is 30.5 Å². The van der Waals surface area contributed by atoms with E-state index in [0.717, 1.165) is 31.2 Å². The Labute approximate surface area is 141 Å². The van der Waals surface area contributed by atoms with Gasteiger partial charge < -0.3 is 16.2 Å². The van der Waals surface area contributed by atoms with Crippen molar-refractivity contribution >= 4 is 23.5 Å². The fourth-order valence-corrected chi connectivity index (χ4v) is 3.29. The fourth-order valence-electron chi connectivity index (χ4n) is 3.29. The van der Waals surface area contributed by atoms with Gasteiger partial charge in [0.1, 0.15) is 0 Å². The lowest BCUT2D eigenvalue weighted by Gasteiger charge is -2.27. The van der Waals surface area contributed by atoms with Gasteiger partial charge >= 0.3 is 5.97 Å². The molecule has 24 heavy (non-hydrogen) atoms. The number of hydrogen-bond donors (Lipinski definition) is 3. The lowest BCUT2D eigenvalue weighted by atomic mass is 9.77. The second kappa shape index (κ2) is 7.95. The summed E-state index contributed by atoms with van der Waals surface area (Å²) in [7, 11) is 0. The minimum Gasteiger partial charge on any atom is -0.481 e. The van der Waals surface area contributed by atoms with Crippen LogP contribution >= 0.6 is 0 Å². The van der Waals surface area contributed by atoms with Crippen LogP contribution in [0.5, 0.6) is 0 Å². The summed E-state index contributed by atoms with van der Waals surface area (Å²) >= 11 is 0. The summed E-state index contributed by atoms with van der Waals surface area (Å²) in [4.78, 5) is 34.9. The molecule has 1 saturated carbocycles. The van der Waals surface area contributed by atoms with Crippen LogP contribution in [0.15, 0.2) is 24.3 Å². The highest BCUT2D eigenvalue weighted by Crippen LogP contribution is 2.38. The van der Waals surface area contributed by atoms with Gasteiger partial charge in [-0.2, -0.15) is 0 Å².